The normalized spacial score (nSPS) is 12.8. The molecule has 0 amide bonds. The molecule has 0 saturated carbocycles. The van der Waals surface area contributed by atoms with E-state index in [-0.39, 0.29) is 39.3 Å². The molecule has 0 heterocycles. The molecular formula is C37H33Cl2N2NaO6S2. The number of anilines is 1. The van der Waals surface area contributed by atoms with Crippen molar-refractivity contribution in [2.45, 2.75) is 36.7 Å². The fourth-order valence-corrected chi connectivity index (χ4v) is 7.12. The number of nitrogens with zero attached hydrogens (tertiary/aromatic N) is 2. The smallest absolute Gasteiger partial charge is 0.744 e. The van der Waals surface area contributed by atoms with Crippen molar-refractivity contribution in [1.82, 2.24) is 0 Å². The summed E-state index contributed by atoms with van der Waals surface area (Å²) in [5, 5.41) is 1.06. The molecule has 1 aliphatic carbocycles. The van der Waals surface area contributed by atoms with Crippen LogP contribution in [0, 0.1) is 0 Å². The zero-order valence-corrected chi connectivity index (χ0v) is 32.9. The van der Waals surface area contributed by atoms with Crippen molar-refractivity contribution in [3.8, 4) is 0 Å². The minimum atomic E-state index is -4.56. The van der Waals surface area contributed by atoms with Crippen LogP contribution in [0.4, 0.5) is 5.69 Å². The maximum atomic E-state index is 11.6. The molecule has 0 unspecified atom stereocenters. The van der Waals surface area contributed by atoms with E-state index < -0.39 is 20.2 Å². The molecule has 0 fully saturated rings. The fraction of sp³-hybridized carbons (Fsp3) is 0.162. The van der Waals surface area contributed by atoms with Crippen molar-refractivity contribution in [3.05, 3.63) is 153 Å². The van der Waals surface area contributed by atoms with Crippen molar-refractivity contribution in [3.63, 3.8) is 0 Å². The van der Waals surface area contributed by atoms with E-state index in [9.17, 15) is 25.9 Å². The molecule has 0 aromatic heterocycles. The Morgan fingerprint density at radius 3 is 1.88 bits per heavy atom. The molecule has 0 spiro atoms. The summed E-state index contributed by atoms with van der Waals surface area (Å²) in [6.45, 7) is 6.07. The van der Waals surface area contributed by atoms with Crippen LogP contribution in [0.1, 0.15) is 36.1 Å². The zero-order valence-electron chi connectivity index (χ0n) is 27.7. The van der Waals surface area contributed by atoms with E-state index in [0.29, 0.717) is 47.4 Å². The van der Waals surface area contributed by atoms with Crippen LogP contribution < -0.4 is 34.5 Å². The van der Waals surface area contributed by atoms with Gasteiger partial charge >= 0.3 is 29.6 Å². The van der Waals surface area contributed by atoms with Gasteiger partial charge in [0.1, 0.15) is 26.8 Å². The van der Waals surface area contributed by atoms with Crippen LogP contribution in [0.2, 0.25) is 10.0 Å². The molecule has 0 bridgehead atoms. The molecule has 1 aliphatic rings. The average molecular weight is 760 g/mol. The molecule has 4 aromatic rings. The van der Waals surface area contributed by atoms with E-state index in [2.05, 4.69) is 9.48 Å². The third-order valence-electron chi connectivity index (χ3n) is 8.12. The monoisotopic (exact) mass is 758 g/mol. The van der Waals surface area contributed by atoms with Gasteiger partial charge in [-0.05, 0) is 103 Å². The minimum Gasteiger partial charge on any atom is -0.744 e. The van der Waals surface area contributed by atoms with Crippen molar-refractivity contribution >= 4 is 60.4 Å². The van der Waals surface area contributed by atoms with E-state index >= 15 is 0 Å². The number of hydrogen-bond acceptors (Lipinski definition) is 7. The molecule has 50 heavy (non-hydrogen) atoms. The Morgan fingerprint density at radius 1 is 0.740 bits per heavy atom. The number of hydrogen-bond donors (Lipinski definition) is 0. The molecule has 4 aromatic carbocycles. The molecule has 0 N–H and O–H groups in total. The molecule has 5 rings (SSSR count). The summed E-state index contributed by atoms with van der Waals surface area (Å²) in [6.07, 6.45) is 7.95. The largest absolute Gasteiger partial charge is 1.00 e. The Balaban J connectivity index is 0.00000562. The summed E-state index contributed by atoms with van der Waals surface area (Å²) in [4.78, 5) is 1.56. The summed E-state index contributed by atoms with van der Waals surface area (Å²) in [5.74, 6) is 0. The molecule has 8 nitrogen and oxygen atoms in total. The number of halogens is 2. The van der Waals surface area contributed by atoms with E-state index in [1.807, 2.05) is 68.5 Å². The summed E-state index contributed by atoms with van der Waals surface area (Å²) in [5.41, 5.74) is 6.59. The van der Waals surface area contributed by atoms with E-state index in [1.165, 1.54) is 24.3 Å². The van der Waals surface area contributed by atoms with Gasteiger partial charge in [-0.15, -0.1) is 0 Å². The minimum absolute atomic E-state index is 0. The maximum Gasteiger partial charge on any atom is 1.00 e. The van der Waals surface area contributed by atoms with Crippen LogP contribution in [0.5, 0.6) is 0 Å². The first-order chi connectivity index (χ1) is 23.3. The first-order valence-corrected chi connectivity index (χ1v) is 19.0. The number of rotatable bonds is 11. The topological polar surface area (TPSA) is 121 Å². The van der Waals surface area contributed by atoms with Crippen molar-refractivity contribution in [2.75, 3.05) is 18.0 Å². The maximum absolute atomic E-state index is 11.6. The molecule has 0 aliphatic heterocycles. The summed E-state index contributed by atoms with van der Waals surface area (Å²) >= 11 is 13.2. The van der Waals surface area contributed by atoms with Crippen LogP contribution in [0.15, 0.2) is 131 Å². The molecule has 0 atom stereocenters. The first-order valence-electron chi connectivity index (χ1n) is 15.4. The van der Waals surface area contributed by atoms with Gasteiger partial charge in [0.25, 0.3) is 0 Å². The summed E-state index contributed by atoms with van der Waals surface area (Å²) in [7, 11) is -9.12. The second-order valence-corrected chi connectivity index (χ2v) is 14.9. The van der Waals surface area contributed by atoms with Gasteiger partial charge in [-0.3, -0.25) is 0 Å². The van der Waals surface area contributed by atoms with E-state index in [0.717, 1.165) is 33.7 Å². The molecule has 0 radical (unpaired) electrons. The Bertz CT molecular complexity index is 2220. The second-order valence-electron chi connectivity index (χ2n) is 11.3. The van der Waals surface area contributed by atoms with Crippen molar-refractivity contribution < 1.29 is 60.1 Å². The van der Waals surface area contributed by atoms with Gasteiger partial charge in [-0.25, -0.2) is 21.4 Å². The second kappa shape index (κ2) is 17.0. The van der Waals surface area contributed by atoms with Crippen LogP contribution >= 0.6 is 23.2 Å². The molecule has 0 saturated heterocycles. The van der Waals surface area contributed by atoms with Gasteiger partial charge in [-0.2, -0.15) is 0 Å². The van der Waals surface area contributed by atoms with Gasteiger partial charge < -0.3 is 14.0 Å². The van der Waals surface area contributed by atoms with Gasteiger partial charge in [-0.1, -0.05) is 59.6 Å². The van der Waals surface area contributed by atoms with Gasteiger partial charge in [0, 0.05) is 52.1 Å². The predicted molar refractivity (Wildman–Crippen MR) is 192 cm³/mol. The number of allylic oxidation sites excluding steroid dienone is 5. The van der Waals surface area contributed by atoms with Gasteiger partial charge in [0.15, 0.2) is 12.3 Å². The fourth-order valence-electron chi connectivity index (χ4n) is 5.66. The van der Waals surface area contributed by atoms with Crippen LogP contribution in [-0.4, -0.2) is 49.3 Å². The Hall–Kier alpha value is -3.03. The Labute approximate surface area is 325 Å². The first kappa shape index (κ1) is 39.8. The van der Waals surface area contributed by atoms with Gasteiger partial charge in [0.05, 0.1) is 9.79 Å². The Kier molecular flexibility index (Phi) is 13.5. The number of benzene rings is 4. The molecule has 13 heteroatoms. The third kappa shape index (κ3) is 9.85. The summed E-state index contributed by atoms with van der Waals surface area (Å²) < 4.78 is 71.4. The van der Waals surface area contributed by atoms with Crippen molar-refractivity contribution in [1.29, 1.82) is 0 Å². The SMILES string of the molecule is CCN(Cc1cccc(S(=O)(=O)[O-])c1)c1ccc(C(=C2C=CC(=[N+](CC)Cc3cccc(S(=O)(=O)[O-])c3)C=C2)c2cc(Cl)ccc2Cl)cc1.[Na+]. The Morgan fingerprint density at radius 2 is 1.32 bits per heavy atom. The third-order valence-corrected chi connectivity index (χ3v) is 10.4. The van der Waals surface area contributed by atoms with Crippen LogP contribution in [0.25, 0.3) is 5.57 Å². The quantitative estimate of drug-likeness (QED) is 0.126. The van der Waals surface area contributed by atoms with Crippen LogP contribution in [-0.2, 0) is 33.3 Å². The van der Waals surface area contributed by atoms with Crippen molar-refractivity contribution in [2.24, 2.45) is 0 Å². The molecule has 254 valence electrons. The predicted octanol–water partition coefficient (Wildman–Crippen LogP) is 4.43. The standard InChI is InChI=1S/C37H34Cl2N2O6S2.Na/c1-3-40(24-26-7-5-9-33(21-26)48(42,43)44)31-16-11-28(12-17-31)37(35-23-30(38)15-20-36(35)39)29-13-18-32(19-14-29)41(4-2)25-27-8-6-10-34(22-27)49(45,46)47;/h5-23H,3-4,24-25H2,1-2H3,(H-,42,43,44,45,46,47);/q;+1/p-1. The summed E-state index contributed by atoms with van der Waals surface area (Å²) in [6, 6.07) is 25.4. The van der Waals surface area contributed by atoms with Gasteiger partial charge in [0.2, 0.25) is 0 Å². The van der Waals surface area contributed by atoms with E-state index in [1.54, 1.807) is 36.4 Å². The average Bonchev–Trinajstić information content (AvgIpc) is 3.08. The van der Waals surface area contributed by atoms with E-state index in [4.69, 9.17) is 23.2 Å². The molecular weight excluding hydrogens is 726 g/mol. The van der Waals surface area contributed by atoms with Crippen LogP contribution in [0.3, 0.4) is 0 Å². The zero-order chi connectivity index (χ0) is 35.3.